The highest BCUT2D eigenvalue weighted by atomic mass is 35.5. The van der Waals surface area contributed by atoms with Crippen LogP contribution in [-0.4, -0.2) is 35.5 Å². The van der Waals surface area contributed by atoms with Gasteiger partial charge in [0.15, 0.2) is 0 Å². The molecule has 0 amide bonds. The van der Waals surface area contributed by atoms with E-state index in [4.69, 9.17) is 24.9 Å². The van der Waals surface area contributed by atoms with Crippen LogP contribution >= 0.6 is 11.6 Å². The zero-order valence-corrected chi connectivity index (χ0v) is 11.1. The largest absolute Gasteiger partial charge is 0.500 e. The first kappa shape index (κ1) is 14.4. The van der Waals surface area contributed by atoms with Gasteiger partial charge in [0.1, 0.15) is 0 Å². The first-order chi connectivity index (χ1) is 6.74. The lowest BCUT2D eigenvalue weighted by Gasteiger charge is -2.26. The molecule has 0 saturated heterocycles. The van der Waals surface area contributed by atoms with Gasteiger partial charge >= 0.3 is 8.80 Å². The SMILES string of the molecule is CCCCO[Si](CCCCl)(OC)OC. The van der Waals surface area contributed by atoms with Crippen molar-refractivity contribution in [2.75, 3.05) is 26.7 Å². The first-order valence-electron chi connectivity index (χ1n) is 5.05. The van der Waals surface area contributed by atoms with Crippen molar-refractivity contribution in [3.63, 3.8) is 0 Å². The highest BCUT2D eigenvalue weighted by Gasteiger charge is 2.37. The third-order valence-electron chi connectivity index (χ3n) is 2.06. The van der Waals surface area contributed by atoms with Crippen LogP contribution in [0.1, 0.15) is 26.2 Å². The summed E-state index contributed by atoms with van der Waals surface area (Å²) in [5.41, 5.74) is 0. The molecular formula is C9H21ClO3Si. The number of unbranched alkanes of at least 4 members (excludes halogenated alkanes) is 1. The molecule has 5 heteroatoms. The molecule has 0 aliphatic carbocycles. The molecule has 3 nitrogen and oxygen atoms in total. The van der Waals surface area contributed by atoms with Gasteiger partial charge in [-0.2, -0.15) is 0 Å². The van der Waals surface area contributed by atoms with Gasteiger partial charge in [-0.15, -0.1) is 11.6 Å². The highest BCUT2D eigenvalue weighted by Crippen LogP contribution is 2.17. The van der Waals surface area contributed by atoms with E-state index in [0.29, 0.717) is 12.5 Å². The summed E-state index contributed by atoms with van der Waals surface area (Å²) < 4.78 is 16.4. The van der Waals surface area contributed by atoms with E-state index in [9.17, 15) is 0 Å². The van der Waals surface area contributed by atoms with Gasteiger partial charge in [0.2, 0.25) is 0 Å². The van der Waals surface area contributed by atoms with E-state index in [-0.39, 0.29) is 0 Å². The molecule has 0 N–H and O–H groups in total. The highest BCUT2D eigenvalue weighted by molar-refractivity contribution is 6.60. The summed E-state index contributed by atoms with van der Waals surface area (Å²) in [6, 6.07) is 0.799. The third-order valence-corrected chi connectivity index (χ3v) is 5.18. The fraction of sp³-hybridized carbons (Fsp3) is 1.00. The van der Waals surface area contributed by atoms with Crippen LogP contribution in [0.15, 0.2) is 0 Å². The van der Waals surface area contributed by atoms with Crippen molar-refractivity contribution in [2.45, 2.75) is 32.2 Å². The van der Waals surface area contributed by atoms with E-state index in [0.717, 1.165) is 25.3 Å². The zero-order chi connectivity index (χ0) is 10.9. The van der Waals surface area contributed by atoms with Gasteiger partial charge in [0.05, 0.1) is 0 Å². The summed E-state index contributed by atoms with van der Waals surface area (Å²) in [5.74, 6) is 0.624. The van der Waals surface area contributed by atoms with E-state index >= 15 is 0 Å². The molecular weight excluding hydrogens is 220 g/mol. The van der Waals surface area contributed by atoms with Crippen molar-refractivity contribution in [3.05, 3.63) is 0 Å². The Bertz CT molecular complexity index is 131. The molecule has 0 aliphatic rings. The van der Waals surface area contributed by atoms with Crippen LogP contribution < -0.4 is 0 Å². The molecule has 0 aromatic heterocycles. The van der Waals surface area contributed by atoms with Gasteiger partial charge in [0, 0.05) is 32.8 Å². The monoisotopic (exact) mass is 240 g/mol. The van der Waals surface area contributed by atoms with Crippen LogP contribution in [0.4, 0.5) is 0 Å². The molecule has 0 radical (unpaired) electrons. The van der Waals surface area contributed by atoms with Crippen molar-refractivity contribution < 1.29 is 13.3 Å². The van der Waals surface area contributed by atoms with Crippen LogP contribution in [0.5, 0.6) is 0 Å². The van der Waals surface area contributed by atoms with Gasteiger partial charge in [-0.3, -0.25) is 0 Å². The normalized spacial score (nSPS) is 12.0. The van der Waals surface area contributed by atoms with E-state index in [2.05, 4.69) is 6.92 Å². The topological polar surface area (TPSA) is 27.7 Å². The lowest BCUT2D eigenvalue weighted by Crippen LogP contribution is -2.44. The second kappa shape index (κ2) is 8.68. The van der Waals surface area contributed by atoms with Crippen molar-refractivity contribution in [2.24, 2.45) is 0 Å². The molecule has 0 rings (SSSR count). The smallest absolute Gasteiger partial charge is 0.377 e. The molecule has 0 bridgehead atoms. The predicted octanol–water partition coefficient (Wildman–Crippen LogP) is 2.66. The summed E-state index contributed by atoms with van der Waals surface area (Å²) in [4.78, 5) is 0. The second-order valence-electron chi connectivity index (χ2n) is 3.09. The minimum absolute atomic E-state index is 0.624. The Balaban J connectivity index is 3.94. The molecule has 0 heterocycles. The van der Waals surface area contributed by atoms with Crippen LogP contribution in [-0.2, 0) is 13.3 Å². The average molecular weight is 241 g/mol. The summed E-state index contributed by atoms with van der Waals surface area (Å²) >= 11 is 5.64. The molecule has 0 aromatic rings. The Labute approximate surface area is 93.1 Å². The molecule has 86 valence electrons. The van der Waals surface area contributed by atoms with Crippen LogP contribution in [0.2, 0.25) is 6.04 Å². The summed E-state index contributed by atoms with van der Waals surface area (Å²) in [6.45, 7) is 2.84. The maximum atomic E-state index is 5.71. The van der Waals surface area contributed by atoms with Crippen LogP contribution in [0.25, 0.3) is 0 Å². The van der Waals surface area contributed by atoms with Crippen molar-refractivity contribution in [3.8, 4) is 0 Å². The Morgan fingerprint density at radius 2 is 1.79 bits per heavy atom. The molecule has 0 aromatic carbocycles. The number of alkyl halides is 1. The quantitative estimate of drug-likeness (QED) is 0.352. The number of halogens is 1. The molecule has 0 aliphatic heterocycles. The van der Waals surface area contributed by atoms with Crippen LogP contribution in [0.3, 0.4) is 0 Å². The van der Waals surface area contributed by atoms with Gasteiger partial charge in [0.25, 0.3) is 0 Å². The number of rotatable bonds is 9. The molecule has 0 unspecified atom stereocenters. The number of hydrogen-bond donors (Lipinski definition) is 0. The Morgan fingerprint density at radius 3 is 2.21 bits per heavy atom. The molecule has 0 fully saturated rings. The second-order valence-corrected chi connectivity index (χ2v) is 6.43. The first-order valence-corrected chi connectivity index (χ1v) is 7.51. The van der Waals surface area contributed by atoms with Crippen LogP contribution in [0, 0.1) is 0 Å². The fourth-order valence-electron chi connectivity index (χ4n) is 1.13. The lowest BCUT2D eigenvalue weighted by atomic mass is 10.4. The number of hydrogen-bond acceptors (Lipinski definition) is 3. The summed E-state index contributed by atoms with van der Waals surface area (Å²) in [5, 5.41) is 0. The molecule has 0 atom stereocenters. The van der Waals surface area contributed by atoms with E-state index < -0.39 is 8.80 Å². The average Bonchev–Trinajstić information content (AvgIpc) is 2.24. The maximum Gasteiger partial charge on any atom is 0.500 e. The molecule has 0 spiro atoms. The molecule has 0 saturated carbocycles. The van der Waals surface area contributed by atoms with Crippen molar-refractivity contribution >= 4 is 20.4 Å². The maximum absolute atomic E-state index is 5.71. The lowest BCUT2D eigenvalue weighted by molar-refractivity contribution is 0.0967. The third kappa shape index (κ3) is 5.31. The van der Waals surface area contributed by atoms with Crippen molar-refractivity contribution in [1.82, 2.24) is 0 Å². The fourth-order valence-corrected chi connectivity index (χ4v) is 3.51. The minimum Gasteiger partial charge on any atom is -0.377 e. The Morgan fingerprint density at radius 1 is 1.14 bits per heavy atom. The van der Waals surface area contributed by atoms with Gasteiger partial charge in [-0.1, -0.05) is 13.3 Å². The zero-order valence-electron chi connectivity index (χ0n) is 9.35. The van der Waals surface area contributed by atoms with Gasteiger partial charge in [-0.25, -0.2) is 0 Å². The predicted molar refractivity (Wildman–Crippen MR) is 60.8 cm³/mol. The van der Waals surface area contributed by atoms with E-state index in [1.807, 2.05) is 0 Å². The van der Waals surface area contributed by atoms with Crippen molar-refractivity contribution in [1.29, 1.82) is 0 Å². The Hall–Kier alpha value is 0.387. The van der Waals surface area contributed by atoms with E-state index in [1.165, 1.54) is 0 Å². The Kier molecular flexibility index (Phi) is 8.92. The van der Waals surface area contributed by atoms with Gasteiger partial charge < -0.3 is 13.3 Å². The summed E-state index contributed by atoms with van der Waals surface area (Å²) in [7, 11) is 0.911. The van der Waals surface area contributed by atoms with Gasteiger partial charge in [-0.05, 0) is 12.8 Å². The summed E-state index contributed by atoms with van der Waals surface area (Å²) in [6.07, 6.45) is 3.04. The van der Waals surface area contributed by atoms with E-state index in [1.54, 1.807) is 14.2 Å². The standard InChI is InChI=1S/C9H21ClO3Si/c1-4-5-8-13-14(11-2,12-3)9-6-7-10/h4-9H2,1-3H3. The molecule has 14 heavy (non-hydrogen) atoms. The minimum atomic E-state index is -2.39.